The molecule has 1 aromatic heterocycles. The molecule has 2 amide bonds. The van der Waals surface area contributed by atoms with Gasteiger partial charge in [0.2, 0.25) is 12.0 Å². The monoisotopic (exact) mass is 605 g/mol. The van der Waals surface area contributed by atoms with Crippen LogP contribution in [-0.4, -0.2) is 55.9 Å². The van der Waals surface area contributed by atoms with Crippen molar-refractivity contribution < 1.29 is 32.6 Å². The molecule has 0 spiro atoms. The molecule has 1 aliphatic rings. The summed E-state index contributed by atoms with van der Waals surface area (Å²) in [4.78, 5) is 42.0. The van der Waals surface area contributed by atoms with Crippen LogP contribution in [0, 0.1) is 12.7 Å². The Morgan fingerprint density at radius 2 is 1.85 bits per heavy atom. The number of methoxy groups -OCH3 is 2. The smallest absolute Gasteiger partial charge is 0.274 e. The van der Waals surface area contributed by atoms with Gasteiger partial charge in [-0.25, -0.2) is 4.39 Å². The van der Waals surface area contributed by atoms with Crippen molar-refractivity contribution in [2.75, 3.05) is 32.3 Å². The van der Waals surface area contributed by atoms with Crippen molar-refractivity contribution in [2.45, 2.75) is 31.5 Å². The van der Waals surface area contributed by atoms with Crippen LogP contribution >= 0.6 is 18.5 Å². The number of nitrogens with zero attached hydrogens (tertiary/aromatic N) is 2. The highest BCUT2D eigenvalue weighted by molar-refractivity contribution is 7.27. The van der Waals surface area contributed by atoms with E-state index >= 15 is 4.39 Å². The van der Waals surface area contributed by atoms with E-state index in [1.54, 1.807) is 25.3 Å². The molecule has 41 heavy (non-hydrogen) atoms. The number of hydrogen-bond donors (Lipinski definition) is 1. The molecule has 5 atom stereocenters. The van der Waals surface area contributed by atoms with Crippen molar-refractivity contribution in [3.8, 4) is 11.5 Å². The lowest BCUT2D eigenvalue weighted by Gasteiger charge is -2.21. The molecule has 0 aliphatic carbocycles. The molecular weight excluding hydrogens is 574 g/mol. The van der Waals surface area contributed by atoms with Crippen LogP contribution in [0.5, 0.6) is 11.5 Å². The van der Waals surface area contributed by atoms with Gasteiger partial charge in [0, 0.05) is 49.5 Å². The van der Waals surface area contributed by atoms with Gasteiger partial charge in [0.15, 0.2) is 0 Å². The number of rotatable bonds is 10. The van der Waals surface area contributed by atoms with Crippen molar-refractivity contribution >= 4 is 41.3 Å². The standard InChI is InChI=1S/C28H31F2N3O6P2/c1-15-8-9-32(10-11-37-2)27(36)24(15)33-14-19(22-20(29)12-18(38-3)13-21(22)40)23(26(33)35)31-25(34)16-4-6-17(7-5-16)39-28(30)41/h4-9,12-13,19,23,28H,10-11,14,40-41H2,1-3H3,(H,31,34)/t19-,23-,28?/m0/s1. The first-order valence-corrected chi connectivity index (χ1v) is 13.9. The van der Waals surface area contributed by atoms with Crippen molar-refractivity contribution in [1.29, 1.82) is 0 Å². The van der Waals surface area contributed by atoms with Gasteiger partial charge in [-0.1, -0.05) is 9.24 Å². The number of benzene rings is 2. The molecule has 4 rings (SSSR count). The summed E-state index contributed by atoms with van der Waals surface area (Å²) in [5, 5.41) is 3.19. The van der Waals surface area contributed by atoms with Gasteiger partial charge in [-0.05, 0) is 54.2 Å². The van der Waals surface area contributed by atoms with Crippen LogP contribution in [-0.2, 0) is 16.1 Å². The minimum Gasteiger partial charge on any atom is -0.497 e. The summed E-state index contributed by atoms with van der Waals surface area (Å²) in [7, 11) is 7.25. The Hall–Kier alpha value is -3.39. The average molecular weight is 606 g/mol. The van der Waals surface area contributed by atoms with Gasteiger partial charge in [0.1, 0.15) is 29.0 Å². The zero-order valence-corrected chi connectivity index (χ0v) is 25.0. The number of carbonyl (C=O) groups excluding carboxylic acids is 2. The maximum atomic E-state index is 15.5. The van der Waals surface area contributed by atoms with Gasteiger partial charge in [-0.3, -0.25) is 14.4 Å². The van der Waals surface area contributed by atoms with Crippen molar-refractivity contribution in [1.82, 2.24) is 9.88 Å². The Morgan fingerprint density at radius 1 is 1.15 bits per heavy atom. The minimum atomic E-state index is -1.61. The molecule has 1 aliphatic heterocycles. The van der Waals surface area contributed by atoms with Crippen molar-refractivity contribution in [3.05, 3.63) is 81.5 Å². The summed E-state index contributed by atoms with van der Waals surface area (Å²) in [5.74, 6) is -2.12. The van der Waals surface area contributed by atoms with E-state index in [-0.39, 0.29) is 42.3 Å². The summed E-state index contributed by atoms with van der Waals surface area (Å²) in [6, 6.07) is 9.04. The first-order valence-electron chi connectivity index (χ1n) is 12.7. The van der Waals surface area contributed by atoms with Gasteiger partial charge in [0.05, 0.1) is 13.7 Å². The first-order chi connectivity index (χ1) is 19.5. The third-order valence-corrected chi connectivity index (χ3v) is 7.47. The van der Waals surface area contributed by atoms with E-state index in [1.165, 1.54) is 54.0 Å². The van der Waals surface area contributed by atoms with E-state index in [2.05, 4.69) is 14.6 Å². The molecule has 0 radical (unpaired) electrons. The average Bonchev–Trinajstić information content (AvgIpc) is 3.22. The number of halogens is 2. The van der Waals surface area contributed by atoms with Crippen LogP contribution in [0.15, 0.2) is 53.5 Å². The van der Waals surface area contributed by atoms with E-state index in [0.717, 1.165) is 0 Å². The summed E-state index contributed by atoms with van der Waals surface area (Å²) >= 11 is 0. The number of aryl methyl sites for hydroxylation is 1. The SMILES string of the molecule is COCCn1ccc(C)c(N2C[C@@H](c3c(F)cc(OC)cc3P)[C@H](NC(=O)c3ccc(OC(F)P)cc3)C2=O)c1=O. The predicted octanol–water partition coefficient (Wildman–Crippen LogP) is 2.89. The van der Waals surface area contributed by atoms with Gasteiger partial charge < -0.3 is 29.0 Å². The fraction of sp³-hybridized carbons (Fsp3) is 0.321. The summed E-state index contributed by atoms with van der Waals surface area (Å²) in [5.41, 5.74) is 0.677. The molecule has 2 heterocycles. The number of amides is 2. The summed E-state index contributed by atoms with van der Waals surface area (Å²) < 4.78 is 45.3. The second-order valence-corrected chi connectivity index (χ2v) is 10.6. The van der Waals surface area contributed by atoms with E-state index in [0.29, 0.717) is 16.6 Å². The zero-order chi connectivity index (χ0) is 29.8. The highest BCUT2D eigenvalue weighted by Gasteiger charge is 2.45. The van der Waals surface area contributed by atoms with E-state index in [9.17, 15) is 18.8 Å². The molecule has 0 bridgehead atoms. The third-order valence-electron chi connectivity index (χ3n) is 6.85. The molecule has 3 unspecified atom stereocenters. The van der Waals surface area contributed by atoms with Gasteiger partial charge in [-0.2, -0.15) is 4.39 Å². The van der Waals surface area contributed by atoms with Crippen LogP contribution in [0.3, 0.4) is 0 Å². The van der Waals surface area contributed by atoms with Crippen LogP contribution in [0.2, 0.25) is 0 Å². The number of aromatic nitrogens is 1. The van der Waals surface area contributed by atoms with Crippen LogP contribution in [0.4, 0.5) is 14.5 Å². The summed E-state index contributed by atoms with van der Waals surface area (Å²) in [6.07, 6.45) is 0.00971. The molecule has 218 valence electrons. The van der Waals surface area contributed by atoms with Gasteiger partial charge in [0.25, 0.3) is 11.5 Å². The number of ether oxygens (including phenoxy) is 3. The minimum absolute atomic E-state index is 0.0579. The Balaban J connectivity index is 1.74. The lowest BCUT2D eigenvalue weighted by molar-refractivity contribution is -0.118. The Kier molecular flexibility index (Phi) is 9.74. The summed E-state index contributed by atoms with van der Waals surface area (Å²) in [6.45, 7) is 2.22. The largest absolute Gasteiger partial charge is 0.497 e. The molecule has 2 aromatic carbocycles. The van der Waals surface area contributed by atoms with Crippen molar-refractivity contribution in [2.24, 2.45) is 0 Å². The number of pyridine rings is 1. The lowest BCUT2D eigenvalue weighted by Crippen LogP contribution is -2.45. The second-order valence-electron chi connectivity index (χ2n) is 9.45. The third kappa shape index (κ3) is 6.58. The van der Waals surface area contributed by atoms with E-state index < -0.39 is 41.2 Å². The fourth-order valence-corrected chi connectivity index (χ4v) is 5.54. The highest BCUT2D eigenvalue weighted by Crippen LogP contribution is 2.35. The van der Waals surface area contributed by atoms with Gasteiger partial charge in [-0.15, -0.1) is 9.24 Å². The molecule has 1 N–H and O–H groups in total. The molecule has 9 nitrogen and oxygen atoms in total. The Morgan fingerprint density at radius 3 is 2.46 bits per heavy atom. The molecule has 1 saturated heterocycles. The lowest BCUT2D eigenvalue weighted by atomic mass is 9.93. The molecular formula is C28H31F2N3O6P2. The zero-order valence-electron chi connectivity index (χ0n) is 22.7. The Labute approximate surface area is 240 Å². The number of hydrogen-bond acceptors (Lipinski definition) is 6. The number of anilines is 1. The second kappa shape index (κ2) is 13.1. The number of carbonyl (C=O) groups is 2. The highest BCUT2D eigenvalue weighted by atomic mass is 31.0. The topological polar surface area (TPSA) is 99.1 Å². The van der Waals surface area contributed by atoms with Crippen LogP contribution in [0.25, 0.3) is 0 Å². The maximum absolute atomic E-state index is 15.5. The van der Waals surface area contributed by atoms with E-state index in [4.69, 9.17) is 14.2 Å². The first kappa shape index (κ1) is 30.6. The molecule has 13 heteroatoms. The van der Waals surface area contributed by atoms with Crippen molar-refractivity contribution in [3.63, 3.8) is 0 Å². The van der Waals surface area contributed by atoms with Crippen LogP contribution < -0.4 is 30.6 Å². The quantitative estimate of drug-likeness (QED) is 0.357. The van der Waals surface area contributed by atoms with E-state index in [1.807, 2.05) is 9.24 Å². The normalized spacial score (nSPS) is 17.4. The molecule has 0 saturated carbocycles. The maximum Gasteiger partial charge on any atom is 0.274 e. The molecule has 3 aromatic rings. The number of alkyl halides is 1. The predicted molar refractivity (Wildman–Crippen MR) is 158 cm³/mol. The molecule has 1 fully saturated rings. The van der Waals surface area contributed by atoms with Gasteiger partial charge >= 0.3 is 0 Å². The Bertz CT molecular complexity index is 1480. The van der Waals surface area contributed by atoms with Crippen LogP contribution in [0.1, 0.15) is 27.4 Å². The number of nitrogens with one attached hydrogen (secondary N) is 1. The fourth-order valence-electron chi connectivity index (χ4n) is 4.86.